The van der Waals surface area contributed by atoms with Crippen molar-refractivity contribution in [1.29, 1.82) is 0 Å². The normalized spacial score (nSPS) is 12.1. The van der Waals surface area contributed by atoms with Crippen molar-refractivity contribution < 1.29 is 9.90 Å². The van der Waals surface area contributed by atoms with Crippen LogP contribution in [0.5, 0.6) is 0 Å². The first-order valence-electron chi connectivity index (χ1n) is 5.09. The number of carbonyl (C=O) groups is 1. The van der Waals surface area contributed by atoms with E-state index in [1.807, 2.05) is 24.3 Å². The quantitative estimate of drug-likeness (QED) is 0.721. The molecule has 0 saturated heterocycles. The monoisotopic (exact) mass is 204 g/mol. The molecule has 0 fully saturated rings. The first-order chi connectivity index (χ1) is 7.26. The standard InChI is InChI=1S/C13H16O2/c1-2-11-3-5-12(6-4-11)7-8-13(15)9-10-14/h2-6,10,13,15H,1,7-9H2/t13-/m1/s1. The Hall–Kier alpha value is -1.41. The molecule has 0 bridgehead atoms. The Balaban J connectivity index is 2.43. The molecule has 0 saturated carbocycles. The van der Waals surface area contributed by atoms with Crippen molar-refractivity contribution >= 4 is 12.4 Å². The SMILES string of the molecule is C=Cc1ccc(CC[C@@H](O)CC=O)cc1. The van der Waals surface area contributed by atoms with E-state index in [9.17, 15) is 9.90 Å². The summed E-state index contributed by atoms with van der Waals surface area (Å²) in [5.74, 6) is 0. The highest BCUT2D eigenvalue weighted by Gasteiger charge is 2.03. The van der Waals surface area contributed by atoms with Crippen molar-refractivity contribution in [2.45, 2.75) is 25.4 Å². The number of aldehydes is 1. The summed E-state index contributed by atoms with van der Waals surface area (Å²) < 4.78 is 0. The summed E-state index contributed by atoms with van der Waals surface area (Å²) in [6.45, 7) is 3.68. The molecule has 0 unspecified atom stereocenters. The van der Waals surface area contributed by atoms with Crippen molar-refractivity contribution in [3.63, 3.8) is 0 Å². The molecule has 2 heteroatoms. The Labute approximate surface area is 90.3 Å². The van der Waals surface area contributed by atoms with E-state index in [1.54, 1.807) is 6.08 Å². The molecule has 0 aliphatic carbocycles. The summed E-state index contributed by atoms with van der Waals surface area (Å²) in [7, 11) is 0. The van der Waals surface area contributed by atoms with Gasteiger partial charge in [0.15, 0.2) is 0 Å². The van der Waals surface area contributed by atoms with Gasteiger partial charge < -0.3 is 9.90 Å². The second-order valence-electron chi connectivity index (χ2n) is 3.54. The first kappa shape index (κ1) is 11.7. The zero-order valence-corrected chi connectivity index (χ0v) is 8.73. The molecule has 0 aliphatic heterocycles. The highest BCUT2D eigenvalue weighted by molar-refractivity contribution is 5.50. The van der Waals surface area contributed by atoms with Crippen LogP contribution < -0.4 is 0 Å². The van der Waals surface area contributed by atoms with Gasteiger partial charge in [0, 0.05) is 6.42 Å². The maximum absolute atomic E-state index is 10.1. The number of aliphatic hydroxyl groups excluding tert-OH is 1. The predicted molar refractivity (Wildman–Crippen MR) is 61.5 cm³/mol. The molecule has 0 aromatic heterocycles. The molecule has 0 spiro atoms. The average molecular weight is 204 g/mol. The van der Waals surface area contributed by atoms with Crippen LogP contribution >= 0.6 is 0 Å². The van der Waals surface area contributed by atoms with Gasteiger partial charge in [-0.2, -0.15) is 0 Å². The Bertz CT molecular complexity index is 314. The molecular weight excluding hydrogens is 188 g/mol. The van der Waals surface area contributed by atoms with E-state index in [2.05, 4.69) is 6.58 Å². The van der Waals surface area contributed by atoms with E-state index in [0.717, 1.165) is 18.3 Å². The van der Waals surface area contributed by atoms with Gasteiger partial charge in [-0.25, -0.2) is 0 Å². The van der Waals surface area contributed by atoms with E-state index in [1.165, 1.54) is 5.56 Å². The number of hydrogen-bond donors (Lipinski definition) is 1. The molecule has 1 N–H and O–H groups in total. The molecule has 0 heterocycles. The maximum atomic E-state index is 10.1. The second-order valence-corrected chi connectivity index (χ2v) is 3.54. The van der Waals surface area contributed by atoms with Crippen molar-refractivity contribution in [2.24, 2.45) is 0 Å². The van der Waals surface area contributed by atoms with E-state index < -0.39 is 6.10 Å². The van der Waals surface area contributed by atoms with Gasteiger partial charge in [0.05, 0.1) is 6.10 Å². The average Bonchev–Trinajstić information content (AvgIpc) is 2.27. The lowest BCUT2D eigenvalue weighted by Crippen LogP contribution is -2.08. The molecule has 1 rings (SSSR count). The summed E-state index contributed by atoms with van der Waals surface area (Å²) in [5.41, 5.74) is 2.26. The molecule has 0 radical (unpaired) electrons. The lowest BCUT2D eigenvalue weighted by atomic mass is 10.0. The Kier molecular flexibility index (Phi) is 4.78. The largest absolute Gasteiger partial charge is 0.393 e. The highest BCUT2D eigenvalue weighted by Crippen LogP contribution is 2.09. The van der Waals surface area contributed by atoms with E-state index in [0.29, 0.717) is 6.42 Å². The minimum atomic E-state index is -0.512. The highest BCUT2D eigenvalue weighted by atomic mass is 16.3. The van der Waals surface area contributed by atoms with Gasteiger partial charge in [0.2, 0.25) is 0 Å². The van der Waals surface area contributed by atoms with Gasteiger partial charge in [-0.15, -0.1) is 0 Å². The van der Waals surface area contributed by atoms with Crippen molar-refractivity contribution in [3.8, 4) is 0 Å². The first-order valence-corrected chi connectivity index (χ1v) is 5.09. The Morgan fingerprint density at radius 3 is 2.53 bits per heavy atom. The third-order valence-electron chi connectivity index (χ3n) is 2.35. The van der Waals surface area contributed by atoms with Gasteiger partial charge >= 0.3 is 0 Å². The number of hydrogen-bond acceptors (Lipinski definition) is 2. The summed E-state index contributed by atoms with van der Waals surface area (Å²) in [5, 5.41) is 9.36. The number of rotatable bonds is 6. The lowest BCUT2D eigenvalue weighted by Gasteiger charge is -2.06. The Morgan fingerprint density at radius 2 is 2.00 bits per heavy atom. The fraction of sp³-hybridized carbons (Fsp3) is 0.308. The third-order valence-corrected chi connectivity index (χ3v) is 2.35. The molecule has 1 atom stereocenters. The van der Waals surface area contributed by atoms with E-state index in [4.69, 9.17) is 0 Å². The second kappa shape index (κ2) is 6.14. The van der Waals surface area contributed by atoms with Crippen molar-refractivity contribution in [3.05, 3.63) is 42.0 Å². The summed E-state index contributed by atoms with van der Waals surface area (Å²) in [6, 6.07) is 8.03. The van der Waals surface area contributed by atoms with Gasteiger partial charge in [0.1, 0.15) is 6.29 Å². The number of aryl methyl sites for hydroxylation is 1. The molecule has 80 valence electrons. The Morgan fingerprint density at radius 1 is 1.33 bits per heavy atom. The molecule has 15 heavy (non-hydrogen) atoms. The number of benzene rings is 1. The minimum Gasteiger partial charge on any atom is -0.393 e. The molecule has 0 amide bonds. The van der Waals surface area contributed by atoms with Crippen LogP contribution in [0.2, 0.25) is 0 Å². The van der Waals surface area contributed by atoms with Gasteiger partial charge in [0.25, 0.3) is 0 Å². The topological polar surface area (TPSA) is 37.3 Å². The maximum Gasteiger partial charge on any atom is 0.122 e. The van der Waals surface area contributed by atoms with Gasteiger partial charge in [-0.05, 0) is 24.0 Å². The van der Waals surface area contributed by atoms with Gasteiger partial charge in [-0.1, -0.05) is 36.9 Å². The molecule has 2 nitrogen and oxygen atoms in total. The van der Waals surface area contributed by atoms with Crippen LogP contribution in [0.3, 0.4) is 0 Å². The van der Waals surface area contributed by atoms with Crippen molar-refractivity contribution in [2.75, 3.05) is 0 Å². The van der Waals surface area contributed by atoms with Crippen molar-refractivity contribution in [1.82, 2.24) is 0 Å². The van der Waals surface area contributed by atoms with E-state index >= 15 is 0 Å². The zero-order chi connectivity index (χ0) is 11.1. The third kappa shape index (κ3) is 4.09. The minimum absolute atomic E-state index is 0.227. The zero-order valence-electron chi connectivity index (χ0n) is 8.73. The molecule has 1 aromatic rings. The summed E-state index contributed by atoms with van der Waals surface area (Å²) >= 11 is 0. The predicted octanol–water partition coefficient (Wildman–Crippen LogP) is 2.21. The van der Waals surface area contributed by atoms with Crippen LogP contribution in [0.1, 0.15) is 24.0 Å². The van der Waals surface area contributed by atoms with Crippen LogP contribution in [0.15, 0.2) is 30.8 Å². The molecular formula is C13H16O2. The fourth-order valence-electron chi connectivity index (χ4n) is 1.38. The summed E-state index contributed by atoms with van der Waals surface area (Å²) in [4.78, 5) is 10.1. The van der Waals surface area contributed by atoms with Crippen LogP contribution in [-0.2, 0) is 11.2 Å². The van der Waals surface area contributed by atoms with E-state index in [-0.39, 0.29) is 6.42 Å². The molecule has 0 aliphatic rings. The smallest absolute Gasteiger partial charge is 0.122 e. The van der Waals surface area contributed by atoms with Crippen LogP contribution in [0, 0.1) is 0 Å². The van der Waals surface area contributed by atoms with Crippen LogP contribution in [0.4, 0.5) is 0 Å². The van der Waals surface area contributed by atoms with Gasteiger partial charge in [-0.3, -0.25) is 0 Å². The lowest BCUT2D eigenvalue weighted by molar-refractivity contribution is -0.109. The number of aliphatic hydroxyl groups is 1. The van der Waals surface area contributed by atoms with Crippen LogP contribution in [0.25, 0.3) is 6.08 Å². The number of carbonyl (C=O) groups excluding carboxylic acids is 1. The fourth-order valence-corrected chi connectivity index (χ4v) is 1.38. The summed E-state index contributed by atoms with van der Waals surface area (Å²) in [6.07, 6.45) is 3.70. The molecule has 1 aromatic carbocycles. The van der Waals surface area contributed by atoms with Crippen LogP contribution in [-0.4, -0.2) is 17.5 Å².